The summed E-state index contributed by atoms with van der Waals surface area (Å²) in [5, 5.41) is 8.61. The Balaban J connectivity index is 3.14. The van der Waals surface area contributed by atoms with Crippen LogP contribution in [0, 0.1) is 0 Å². The van der Waals surface area contributed by atoms with E-state index in [2.05, 4.69) is 16.0 Å². The molecule has 1 aromatic rings. The second-order valence-corrected chi connectivity index (χ2v) is 6.89. The molecule has 0 aliphatic heterocycles. The molecule has 0 heterocycles. The molecule has 0 atom stereocenters. The average molecular weight is 342 g/mol. The van der Waals surface area contributed by atoms with Gasteiger partial charge in [-0.15, -0.1) is 0 Å². The third-order valence-electron chi connectivity index (χ3n) is 3.48. The summed E-state index contributed by atoms with van der Waals surface area (Å²) in [5.41, 5.74) is 1.13. The van der Waals surface area contributed by atoms with Gasteiger partial charge in [-0.25, -0.2) is 8.42 Å². The Morgan fingerprint density at radius 1 is 1.13 bits per heavy atom. The van der Waals surface area contributed by atoms with E-state index in [1.165, 1.54) is 10.4 Å². The first-order chi connectivity index (χ1) is 10.9. The molecule has 0 aliphatic carbocycles. The summed E-state index contributed by atoms with van der Waals surface area (Å²) >= 11 is 0. The lowest BCUT2D eigenvalue weighted by Gasteiger charge is -2.20. The summed E-state index contributed by atoms with van der Waals surface area (Å²) in [6.07, 6.45) is 0.312. The van der Waals surface area contributed by atoms with Gasteiger partial charge in [0.05, 0.1) is 16.3 Å². The number of hydrogen-bond donors (Lipinski definition) is 3. The average Bonchev–Trinajstić information content (AvgIpc) is 2.53. The van der Waals surface area contributed by atoms with Crippen molar-refractivity contribution in [2.24, 2.45) is 0 Å². The van der Waals surface area contributed by atoms with Crippen LogP contribution >= 0.6 is 0 Å². The van der Waals surface area contributed by atoms with Crippen LogP contribution in [0.3, 0.4) is 0 Å². The van der Waals surface area contributed by atoms with Gasteiger partial charge in [0.1, 0.15) is 0 Å². The minimum absolute atomic E-state index is 0.170. The number of rotatable bonds is 9. The Labute approximate surface area is 138 Å². The zero-order valence-electron chi connectivity index (χ0n) is 14.1. The largest absolute Gasteiger partial charge is 0.386 e. The van der Waals surface area contributed by atoms with Crippen molar-refractivity contribution in [1.82, 2.24) is 9.62 Å². The molecule has 3 N–H and O–H groups in total. The summed E-state index contributed by atoms with van der Waals surface area (Å²) in [7, 11) is -0.0727. The molecule has 0 saturated heterocycles. The van der Waals surface area contributed by atoms with Gasteiger partial charge in [-0.3, -0.25) is 4.79 Å². The van der Waals surface area contributed by atoms with Gasteiger partial charge in [0.25, 0.3) is 0 Å². The second-order valence-electron chi connectivity index (χ2n) is 4.95. The first kappa shape index (κ1) is 19.4. The maximum absolute atomic E-state index is 12.6. The number of carbonyl (C=O) groups is 1. The van der Waals surface area contributed by atoms with Crippen LogP contribution in [-0.2, 0) is 14.8 Å². The minimum Gasteiger partial charge on any atom is -0.386 e. The highest BCUT2D eigenvalue weighted by Gasteiger charge is 2.22. The number of sulfonamides is 1. The second kappa shape index (κ2) is 8.85. The summed E-state index contributed by atoms with van der Waals surface area (Å²) in [6, 6.07) is 4.70. The third kappa shape index (κ3) is 4.92. The van der Waals surface area contributed by atoms with Crippen molar-refractivity contribution in [1.29, 1.82) is 0 Å². The van der Waals surface area contributed by atoms with Crippen LogP contribution < -0.4 is 16.0 Å². The lowest BCUT2D eigenvalue weighted by Crippen LogP contribution is -2.30. The first-order valence-corrected chi connectivity index (χ1v) is 9.11. The van der Waals surface area contributed by atoms with Crippen LogP contribution in [0.1, 0.15) is 20.3 Å². The number of nitrogens with one attached hydrogen (secondary N) is 3. The summed E-state index contributed by atoms with van der Waals surface area (Å²) in [4.78, 5) is 12.1. The van der Waals surface area contributed by atoms with E-state index in [1.54, 1.807) is 40.1 Å². The molecular weight excluding hydrogens is 316 g/mol. The third-order valence-corrected chi connectivity index (χ3v) is 5.53. The smallest absolute Gasteiger partial charge is 0.243 e. The fourth-order valence-electron chi connectivity index (χ4n) is 2.17. The van der Waals surface area contributed by atoms with Gasteiger partial charge in [-0.2, -0.15) is 4.31 Å². The zero-order chi connectivity index (χ0) is 17.5. The molecule has 130 valence electrons. The van der Waals surface area contributed by atoms with Crippen molar-refractivity contribution < 1.29 is 13.2 Å². The molecule has 1 amide bonds. The Morgan fingerprint density at radius 2 is 1.78 bits per heavy atom. The topological polar surface area (TPSA) is 90.5 Å². The molecule has 0 aliphatic rings. The zero-order valence-corrected chi connectivity index (χ0v) is 15.0. The molecule has 0 bridgehead atoms. The predicted octanol–water partition coefficient (Wildman–Crippen LogP) is 1.31. The molecule has 0 fully saturated rings. The predicted molar refractivity (Wildman–Crippen MR) is 93.3 cm³/mol. The fraction of sp³-hybridized carbons (Fsp3) is 0.533. The standard InChI is InChI=1S/C15H26N4O3S/c1-5-19(6-2)23(21,22)12-7-8-13(17-4)14(11-12)18-15(20)9-10-16-3/h7-8,11,16-17H,5-6,9-10H2,1-4H3,(H,18,20). The van der Waals surface area contributed by atoms with Crippen molar-refractivity contribution in [2.75, 3.05) is 44.4 Å². The fourth-order valence-corrected chi connectivity index (χ4v) is 3.65. The molecule has 0 spiro atoms. The van der Waals surface area contributed by atoms with Gasteiger partial charge >= 0.3 is 0 Å². The number of amides is 1. The highest BCUT2D eigenvalue weighted by atomic mass is 32.2. The first-order valence-electron chi connectivity index (χ1n) is 7.67. The van der Waals surface area contributed by atoms with Crippen LogP contribution in [0.2, 0.25) is 0 Å². The van der Waals surface area contributed by atoms with Gasteiger partial charge in [0.2, 0.25) is 15.9 Å². The van der Waals surface area contributed by atoms with E-state index in [1.807, 2.05) is 0 Å². The van der Waals surface area contributed by atoms with E-state index >= 15 is 0 Å². The molecule has 0 unspecified atom stereocenters. The quantitative estimate of drug-likeness (QED) is 0.629. The van der Waals surface area contributed by atoms with E-state index in [0.717, 1.165) is 0 Å². The van der Waals surface area contributed by atoms with Crippen molar-refractivity contribution >= 4 is 27.3 Å². The van der Waals surface area contributed by atoms with Gasteiger partial charge in [-0.1, -0.05) is 13.8 Å². The summed E-state index contributed by atoms with van der Waals surface area (Å²) in [6.45, 7) is 4.94. The van der Waals surface area contributed by atoms with Gasteiger partial charge in [0.15, 0.2) is 0 Å². The van der Waals surface area contributed by atoms with Crippen LogP contribution in [0.25, 0.3) is 0 Å². The highest BCUT2D eigenvalue weighted by molar-refractivity contribution is 7.89. The SMILES string of the molecule is CCN(CC)S(=O)(=O)c1ccc(NC)c(NC(=O)CCNC)c1. The van der Waals surface area contributed by atoms with Crippen LogP contribution in [-0.4, -0.2) is 52.4 Å². The molecular formula is C15H26N4O3S. The Kier molecular flexibility index (Phi) is 7.47. The normalized spacial score (nSPS) is 11.5. The van der Waals surface area contributed by atoms with Crippen LogP contribution in [0.5, 0.6) is 0 Å². The van der Waals surface area contributed by atoms with Crippen molar-refractivity contribution in [3.05, 3.63) is 18.2 Å². The molecule has 7 nitrogen and oxygen atoms in total. The van der Waals surface area contributed by atoms with Crippen molar-refractivity contribution in [3.8, 4) is 0 Å². The molecule has 1 rings (SSSR count). The number of anilines is 2. The Bertz CT molecular complexity index is 628. The van der Waals surface area contributed by atoms with Crippen LogP contribution in [0.15, 0.2) is 23.1 Å². The number of benzene rings is 1. The molecule has 23 heavy (non-hydrogen) atoms. The monoisotopic (exact) mass is 342 g/mol. The van der Waals surface area contributed by atoms with Gasteiger partial charge < -0.3 is 16.0 Å². The molecule has 0 aromatic heterocycles. The Hall–Kier alpha value is -1.64. The molecule has 8 heteroatoms. The van der Waals surface area contributed by atoms with E-state index in [-0.39, 0.29) is 10.8 Å². The van der Waals surface area contributed by atoms with Crippen LogP contribution in [0.4, 0.5) is 11.4 Å². The number of carbonyl (C=O) groups excluding carboxylic acids is 1. The van der Waals surface area contributed by atoms with Crippen molar-refractivity contribution in [3.63, 3.8) is 0 Å². The Morgan fingerprint density at radius 3 is 2.30 bits per heavy atom. The highest BCUT2D eigenvalue weighted by Crippen LogP contribution is 2.27. The van der Waals surface area contributed by atoms with Crippen molar-refractivity contribution in [2.45, 2.75) is 25.2 Å². The molecule has 0 saturated carbocycles. The summed E-state index contributed by atoms with van der Waals surface area (Å²) < 4.78 is 26.6. The maximum atomic E-state index is 12.6. The van der Waals surface area contributed by atoms with E-state index < -0.39 is 10.0 Å². The molecule has 0 radical (unpaired) electrons. The minimum atomic E-state index is -3.56. The molecule has 1 aromatic carbocycles. The number of hydrogen-bond acceptors (Lipinski definition) is 5. The van der Waals surface area contributed by atoms with Gasteiger partial charge in [-0.05, 0) is 25.2 Å². The lowest BCUT2D eigenvalue weighted by atomic mass is 10.2. The van der Waals surface area contributed by atoms with E-state index in [4.69, 9.17) is 0 Å². The van der Waals surface area contributed by atoms with E-state index in [0.29, 0.717) is 37.4 Å². The van der Waals surface area contributed by atoms with E-state index in [9.17, 15) is 13.2 Å². The number of nitrogens with zero attached hydrogens (tertiary/aromatic N) is 1. The van der Waals surface area contributed by atoms with Gasteiger partial charge in [0, 0.05) is 33.1 Å². The summed E-state index contributed by atoms with van der Waals surface area (Å²) in [5.74, 6) is -0.173. The maximum Gasteiger partial charge on any atom is 0.243 e. The lowest BCUT2D eigenvalue weighted by molar-refractivity contribution is -0.116.